The molecule has 0 atom stereocenters. The van der Waals surface area contributed by atoms with Crippen LogP contribution >= 0.6 is 23.2 Å². The number of fused-ring (bicyclic) bond motifs is 2. The maximum Gasteiger partial charge on any atom is 0.225 e. The summed E-state index contributed by atoms with van der Waals surface area (Å²) in [6, 6.07) is 10.8. The zero-order valence-corrected chi connectivity index (χ0v) is 14.3. The lowest BCUT2D eigenvalue weighted by Crippen LogP contribution is -2.12. The predicted molar refractivity (Wildman–Crippen MR) is 97.7 cm³/mol. The molecule has 0 saturated heterocycles. The first kappa shape index (κ1) is 15.9. The molecule has 0 fully saturated rings. The number of ketones is 1. The topological polar surface area (TPSA) is 67.9 Å². The second-order valence-electron chi connectivity index (χ2n) is 5.42. The number of H-pyrrole nitrogens is 1. The molecule has 7 heteroatoms. The van der Waals surface area contributed by atoms with Crippen LogP contribution in [0.2, 0.25) is 10.0 Å². The van der Waals surface area contributed by atoms with Crippen LogP contribution in [0.5, 0.6) is 5.88 Å². The molecular formula is C18H11Cl2N3O2. The van der Waals surface area contributed by atoms with Gasteiger partial charge in [0.05, 0.1) is 15.9 Å². The molecule has 1 N–H and O–H groups in total. The van der Waals surface area contributed by atoms with Crippen molar-refractivity contribution in [3.05, 3.63) is 64.5 Å². The van der Waals surface area contributed by atoms with E-state index in [-0.39, 0.29) is 18.3 Å². The molecule has 124 valence electrons. The van der Waals surface area contributed by atoms with Crippen LogP contribution in [-0.2, 0) is 0 Å². The largest absolute Gasteiger partial charge is 0.469 e. The quantitative estimate of drug-likeness (QED) is 0.528. The number of rotatable bonds is 4. The van der Waals surface area contributed by atoms with Crippen molar-refractivity contribution in [3.63, 3.8) is 0 Å². The van der Waals surface area contributed by atoms with E-state index in [1.807, 2.05) is 24.3 Å². The fraction of sp³-hybridized carbons (Fsp3) is 0.0556. The van der Waals surface area contributed by atoms with Crippen LogP contribution in [0.15, 0.2) is 48.9 Å². The highest BCUT2D eigenvalue weighted by molar-refractivity contribution is 6.38. The van der Waals surface area contributed by atoms with E-state index in [4.69, 9.17) is 27.9 Å². The maximum atomic E-state index is 12.5. The van der Waals surface area contributed by atoms with E-state index >= 15 is 0 Å². The van der Waals surface area contributed by atoms with Crippen molar-refractivity contribution in [1.82, 2.24) is 15.0 Å². The molecule has 0 bridgehead atoms. The van der Waals surface area contributed by atoms with Gasteiger partial charge in [0.25, 0.3) is 0 Å². The molecule has 2 aromatic heterocycles. The Labute approximate surface area is 152 Å². The summed E-state index contributed by atoms with van der Waals surface area (Å²) in [6.07, 6.45) is 3.02. The first-order chi connectivity index (χ1) is 12.1. The fourth-order valence-corrected chi connectivity index (χ4v) is 3.24. The molecule has 0 aliphatic rings. The normalized spacial score (nSPS) is 11.1. The van der Waals surface area contributed by atoms with Gasteiger partial charge in [-0.1, -0.05) is 41.4 Å². The van der Waals surface area contributed by atoms with Crippen molar-refractivity contribution in [2.75, 3.05) is 6.61 Å². The third kappa shape index (κ3) is 2.92. The molecule has 0 aliphatic heterocycles. The average molecular weight is 372 g/mol. The van der Waals surface area contributed by atoms with Gasteiger partial charge in [-0.25, -0.2) is 9.97 Å². The van der Waals surface area contributed by atoms with Crippen LogP contribution in [0, 0.1) is 0 Å². The molecule has 0 radical (unpaired) electrons. The summed E-state index contributed by atoms with van der Waals surface area (Å²) in [6.45, 7) is -0.155. The van der Waals surface area contributed by atoms with Crippen LogP contribution in [0.3, 0.4) is 0 Å². The summed E-state index contributed by atoms with van der Waals surface area (Å²) in [5.41, 5.74) is 2.00. The van der Waals surface area contributed by atoms with Crippen molar-refractivity contribution >= 4 is 50.8 Å². The standard InChI is InChI=1S/C18H11Cl2N3O2/c19-10-5-12-17(14(20)6-10)22-9-23-18(12)25-8-16(24)13-7-21-15-4-2-1-3-11(13)15/h1-7,9,21H,8H2. The smallest absolute Gasteiger partial charge is 0.225 e. The molecule has 0 spiro atoms. The number of benzene rings is 2. The number of carbonyl (C=O) groups is 1. The molecule has 25 heavy (non-hydrogen) atoms. The van der Waals surface area contributed by atoms with E-state index in [0.29, 0.717) is 26.5 Å². The third-order valence-electron chi connectivity index (χ3n) is 3.85. The second kappa shape index (κ2) is 6.35. The number of carbonyl (C=O) groups excluding carboxylic acids is 1. The average Bonchev–Trinajstić information content (AvgIpc) is 3.04. The van der Waals surface area contributed by atoms with Crippen LogP contribution in [-0.4, -0.2) is 27.3 Å². The highest BCUT2D eigenvalue weighted by atomic mass is 35.5. The van der Waals surface area contributed by atoms with Crippen LogP contribution < -0.4 is 4.74 Å². The van der Waals surface area contributed by atoms with Gasteiger partial charge in [-0.2, -0.15) is 0 Å². The van der Waals surface area contributed by atoms with Crippen molar-refractivity contribution in [3.8, 4) is 5.88 Å². The number of hydrogen-bond acceptors (Lipinski definition) is 4. The van der Waals surface area contributed by atoms with Gasteiger partial charge in [-0.15, -0.1) is 0 Å². The fourth-order valence-electron chi connectivity index (χ4n) is 2.70. The monoisotopic (exact) mass is 371 g/mol. The minimum atomic E-state index is -0.155. The van der Waals surface area contributed by atoms with Gasteiger partial charge in [0.1, 0.15) is 6.33 Å². The van der Waals surface area contributed by atoms with Gasteiger partial charge in [0.15, 0.2) is 6.61 Å². The van der Waals surface area contributed by atoms with Gasteiger partial charge < -0.3 is 9.72 Å². The van der Waals surface area contributed by atoms with Crippen molar-refractivity contribution in [2.45, 2.75) is 0 Å². The number of aromatic amines is 1. The molecule has 0 unspecified atom stereocenters. The Balaban J connectivity index is 1.63. The van der Waals surface area contributed by atoms with Gasteiger partial charge in [-0.3, -0.25) is 4.79 Å². The van der Waals surface area contributed by atoms with Gasteiger partial charge >= 0.3 is 0 Å². The maximum absolute atomic E-state index is 12.5. The van der Waals surface area contributed by atoms with Gasteiger partial charge in [-0.05, 0) is 18.2 Å². The zero-order chi connectivity index (χ0) is 17.4. The minimum Gasteiger partial charge on any atom is -0.469 e. The summed E-state index contributed by atoms with van der Waals surface area (Å²) < 4.78 is 5.63. The molecule has 0 amide bonds. The summed E-state index contributed by atoms with van der Waals surface area (Å²) in [5.74, 6) is 0.111. The SMILES string of the molecule is O=C(COc1ncnc2c(Cl)cc(Cl)cc12)c1c[nH]c2ccccc12. The summed E-state index contributed by atoms with van der Waals surface area (Å²) in [4.78, 5) is 23.8. The summed E-state index contributed by atoms with van der Waals surface area (Å²) in [5, 5.41) is 2.26. The molecular weight excluding hydrogens is 361 g/mol. The molecule has 0 saturated carbocycles. The lowest BCUT2D eigenvalue weighted by atomic mass is 10.1. The molecule has 2 aromatic carbocycles. The Hall–Kier alpha value is -2.63. The first-order valence-electron chi connectivity index (χ1n) is 7.45. The Bertz CT molecular complexity index is 1110. The number of hydrogen-bond donors (Lipinski definition) is 1. The highest BCUT2D eigenvalue weighted by Gasteiger charge is 2.15. The van der Waals surface area contributed by atoms with Gasteiger partial charge in [0.2, 0.25) is 11.7 Å². The number of aromatic nitrogens is 3. The number of halogens is 2. The Morgan fingerprint density at radius 1 is 1.12 bits per heavy atom. The third-order valence-corrected chi connectivity index (χ3v) is 4.36. The van der Waals surface area contributed by atoms with E-state index in [1.54, 1.807) is 18.3 Å². The van der Waals surface area contributed by atoms with E-state index < -0.39 is 0 Å². The lowest BCUT2D eigenvalue weighted by molar-refractivity contribution is 0.0921. The highest BCUT2D eigenvalue weighted by Crippen LogP contribution is 2.31. The van der Waals surface area contributed by atoms with E-state index in [0.717, 1.165) is 10.9 Å². The van der Waals surface area contributed by atoms with Crippen molar-refractivity contribution in [1.29, 1.82) is 0 Å². The lowest BCUT2D eigenvalue weighted by Gasteiger charge is -2.08. The van der Waals surface area contributed by atoms with E-state index in [1.165, 1.54) is 6.33 Å². The number of nitrogens with zero attached hydrogens (tertiary/aromatic N) is 2. The molecule has 0 aliphatic carbocycles. The van der Waals surface area contributed by atoms with Crippen LogP contribution in [0.4, 0.5) is 0 Å². The number of Topliss-reactive ketones (excluding diaryl/α,β-unsaturated/α-hetero) is 1. The Kier molecular flexibility index (Phi) is 4.03. The van der Waals surface area contributed by atoms with Gasteiger partial charge in [0, 0.05) is 27.7 Å². The Morgan fingerprint density at radius 3 is 2.84 bits per heavy atom. The number of ether oxygens (including phenoxy) is 1. The number of para-hydroxylation sites is 1. The Morgan fingerprint density at radius 2 is 1.96 bits per heavy atom. The van der Waals surface area contributed by atoms with Crippen LogP contribution in [0.1, 0.15) is 10.4 Å². The minimum absolute atomic E-state index is 0.155. The zero-order valence-electron chi connectivity index (χ0n) is 12.8. The second-order valence-corrected chi connectivity index (χ2v) is 6.27. The molecule has 4 aromatic rings. The van der Waals surface area contributed by atoms with E-state index in [2.05, 4.69) is 15.0 Å². The van der Waals surface area contributed by atoms with Crippen LogP contribution in [0.25, 0.3) is 21.8 Å². The van der Waals surface area contributed by atoms with Crippen molar-refractivity contribution in [2.24, 2.45) is 0 Å². The summed E-state index contributed by atoms with van der Waals surface area (Å²) in [7, 11) is 0. The molecule has 2 heterocycles. The summed E-state index contributed by atoms with van der Waals surface area (Å²) >= 11 is 12.2. The molecule has 5 nitrogen and oxygen atoms in total. The number of nitrogens with one attached hydrogen (secondary N) is 1. The van der Waals surface area contributed by atoms with E-state index in [9.17, 15) is 4.79 Å². The first-order valence-corrected chi connectivity index (χ1v) is 8.21. The predicted octanol–water partition coefficient (Wildman–Crippen LogP) is 4.68. The molecule has 4 rings (SSSR count). The van der Waals surface area contributed by atoms with Crippen molar-refractivity contribution < 1.29 is 9.53 Å².